The lowest BCUT2D eigenvalue weighted by atomic mass is 9.94. The maximum Gasteiger partial charge on any atom is 0.301 e. The molecule has 0 unspecified atom stereocenters. The molecule has 6 rings (SSSR count). The molecule has 1 aromatic heterocycles. The van der Waals surface area contributed by atoms with Gasteiger partial charge in [0.15, 0.2) is 15.8 Å². The molecule has 4 aromatic rings. The van der Waals surface area contributed by atoms with E-state index in [1.54, 1.807) is 54.6 Å². The second kappa shape index (κ2) is 14.1. The first-order valence-electron chi connectivity index (χ1n) is 15.5. The average Bonchev–Trinajstić information content (AvgIpc) is 3.76. The summed E-state index contributed by atoms with van der Waals surface area (Å²) in [7, 11) is 0. The number of amides is 1. The lowest BCUT2D eigenvalue weighted by Crippen LogP contribution is -2.29. The number of halogens is 1. The zero-order valence-corrected chi connectivity index (χ0v) is 27.8. The molecule has 0 saturated carbocycles. The minimum Gasteiger partial charge on any atom is -0.507 e. The minimum absolute atomic E-state index is 0.00845. The van der Waals surface area contributed by atoms with E-state index in [0.717, 1.165) is 35.5 Å². The molecule has 2 atom stereocenters. The summed E-state index contributed by atoms with van der Waals surface area (Å²) in [6.07, 6.45) is 2.48. The van der Waals surface area contributed by atoms with Crippen LogP contribution in [0.4, 0.5) is 9.52 Å². The van der Waals surface area contributed by atoms with Gasteiger partial charge in [0.2, 0.25) is 5.13 Å². The number of nitrogens with zero attached hydrogens (tertiary/aromatic N) is 3. The summed E-state index contributed by atoms with van der Waals surface area (Å²) in [6.45, 7) is 6.76. The van der Waals surface area contributed by atoms with Crippen molar-refractivity contribution in [3.63, 3.8) is 0 Å². The molecule has 0 aliphatic carbocycles. The molecule has 1 N–H and O–H groups in total. The highest BCUT2D eigenvalue weighted by molar-refractivity contribution is 8.00. The molecule has 3 heterocycles. The summed E-state index contributed by atoms with van der Waals surface area (Å²) >= 11 is 2.39. The second-order valence-corrected chi connectivity index (χ2v) is 13.4. The van der Waals surface area contributed by atoms with Gasteiger partial charge in [0.05, 0.1) is 24.8 Å². The molecule has 0 radical (unpaired) electrons. The molecule has 2 aliphatic rings. The monoisotopic (exact) mass is 675 g/mol. The van der Waals surface area contributed by atoms with Crippen LogP contribution in [0.1, 0.15) is 61.9 Å². The number of anilines is 1. The van der Waals surface area contributed by atoms with E-state index in [-0.39, 0.29) is 28.4 Å². The normalized spacial score (nSPS) is 18.3. The largest absolute Gasteiger partial charge is 0.507 e. The van der Waals surface area contributed by atoms with E-state index < -0.39 is 17.7 Å². The van der Waals surface area contributed by atoms with E-state index in [1.807, 2.05) is 13.8 Å². The summed E-state index contributed by atoms with van der Waals surface area (Å²) in [5, 5.41) is 20.4. The number of hydrogen-bond acceptors (Lipinski definition) is 10. The fraction of sp³-hybridized carbons (Fsp3) is 0.314. The number of aromatic nitrogens is 2. The van der Waals surface area contributed by atoms with Gasteiger partial charge in [-0.2, -0.15) is 0 Å². The fourth-order valence-corrected chi connectivity index (χ4v) is 7.45. The highest BCUT2D eigenvalue weighted by atomic mass is 32.2. The van der Waals surface area contributed by atoms with Crippen molar-refractivity contribution in [3.05, 3.63) is 94.3 Å². The van der Waals surface area contributed by atoms with Gasteiger partial charge in [-0.05, 0) is 73.4 Å². The van der Waals surface area contributed by atoms with Gasteiger partial charge >= 0.3 is 5.91 Å². The van der Waals surface area contributed by atoms with E-state index in [0.29, 0.717) is 57.9 Å². The Bertz CT molecular complexity index is 1840. The number of rotatable bonds is 12. The number of ether oxygens (including phenoxy) is 3. The highest BCUT2D eigenvalue weighted by Gasteiger charge is 2.48. The Morgan fingerprint density at radius 1 is 1.09 bits per heavy atom. The van der Waals surface area contributed by atoms with Crippen molar-refractivity contribution in [2.75, 3.05) is 18.1 Å². The molecule has 3 aromatic carbocycles. The van der Waals surface area contributed by atoms with Crippen molar-refractivity contribution in [1.29, 1.82) is 0 Å². The second-order valence-electron chi connectivity index (χ2n) is 11.2. The minimum atomic E-state index is -1.04. The number of unbranched alkanes of at least 4 members (excludes halogenated alkanes) is 1. The van der Waals surface area contributed by atoms with Gasteiger partial charge in [-0.1, -0.05) is 60.7 Å². The highest BCUT2D eigenvalue weighted by Crippen LogP contribution is 2.46. The number of thioether (sulfide) groups is 1. The first kappa shape index (κ1) is 32.5. The van der Waals surface area contributed by atoms with Gasteiger partial charge in [-0.3, -0.25) is 14.5 Å². The Kier molecular flexibility index (Phi) is 9.79. The molecule has 47 heavy (non-hydrogen) atoms. The predicted octanol–water partition coefficient (Wildman–Crippen LogP) is 7.50. The zero-order valence-electron chi connectivity index (χ0n) is 26.2. The molecular formula is C35H34FN3O6S2. The Balaban J connectivity index is 1.42. The van der Waals surface area contributed by atoms with Crippen molar-refractivity contribution in [2.45, 2.75) is 62.3 Å². The van der Waals surface area contributed by atoms with Crippen LogP contribution < -0.4 is 19.1 Å². The molecule has 0 bridgehead atoms. The first-order chi connectivity index (χ1) is 22.8. The van der Waals surface area contributed by atoms with Gasteiger partial charge in [0, 0.05) is 17.7 Å². The van der Waals surface area contributed by atoms with Gasteiger partial charge in [0.25, 0.3) is 5.78 Å². The van der Waals surface area contributed by atoms with Crippen molar-refractivity contribution in [2.24, 2.45) is 0 Å². The van der Waals surface area contributed by atoms with Crippen molar-refractivity contribution >= 4 is 45.7 Å². The molecule has 2 aliphatic heterocycles. The molecule has 244 valence electrons. The number of hydrogen-bond donors (Lipinski definition) is 1. The fourth-order valence-electron chi connectivity index (χ4n) is 5.59. The van der Waals surface area contributed by atoms with E-state index in [4.69, 9.17) is 14.2 Å². The van der Waals surface area contributed by atoms with Crippen LogP contribution in [0.15, 0.2) is 70.6 Å². The average molecular weight is 676 g/mol. The van der Waals surface area contributed by atoms with E-state index in [9.17, 15) is 19.1 Å². The van der Waals surface area contributed by atoms with Crippen LogP contribution in [0, 0.1) is 5.82 Å². The molecule has 0 spiro atoms. The molecule has 1 saturated heterocycles. The van der Waals surface area contributed by atoms with Crippen LogP contribution in [0.5, 0.6) is 17.2 Å². The maximum absolute atomic E-state index is 14.2. The van der Waals surface area contributed by atoms with Crippen LogP contribution in [0.2, 0.25) is 0 Å². The van der Waals surface area contributed by atoms with Crippen molar-refractivity contribution < 1.29 is 33.3 Å². The smallest absolute Gasteiger partial charge is 0.301 e. The van der Waals surface area contributed by atoms with Gasteiger partial charge in [-0.25, -0.2) is 4.39 Å². The first-order valence-corrected chi connectivity index (χ1v) is 17.3. The quantitative estimate of drug-likeness (QED) is 0.0408. The topological polar surface area (TPSA) is 111 Å². The molecule has 1 fully saturated rings. The number of ketones is 1. The Hall–Kier alpha value is -4.42. The van der Waals surface area contributed by atoms with Crippen LogP contribution in [0.25, 0.3) is 5.76 Å². The van der Waals surface area contributed by atoms with E-state index >= 15 is 0 Å². The Labute approximate surface area is 280 Å². The van der Waals surface area contributed by atoms with Crippen molar-refractivity contribution in [3.8, 4) is 17.2 Å². The van der Waals surface area contributed by atoms with Gasteiger partial charge in [0.1, 0.15) is 23.4 Å². The van der Waals surface area contributed by atoms with Crippen LogP contribution in [-0.4, -0.2) is 46.3 Å². The Morgan fingerprint density at radius 2 is 1.91 bits per heavy atom. The summed E-state index contributed by atoms with van der Waals surface area (Å²) in [4.78, 5) is 28.9. The summed E-state index contributed by atoms with van der Waals surface area (Å²) < 4.78 is 32.5. The molecular weight excluding hydrogens is 642 g/mol. The summed E-state index contributed by atoms with van der Waals surface area (Å²) in [5.74, 6) is -0.312. The summed E-state index contributed by atoms with van der Waals surface area (Å²) in [6, 6.07) is 15.9. The standard InChI is InChI=1S/C35H34FN3O6S2/c1-4-6-15-44-27-14-11-21(18-28(27)43-5-2)30-29(31(40)22-12-13-26-24(17-22)16-20(3)45-26)32(41)33(42)39(30)34-37-38-35(47-34)46-19-23-9-7-8-10-25(23)36/h7-14,17-18,20,30,40H,4-6,15-16,19H2,1-3H3/t20-,30+/m1/s1. The molecule has 9 nitrogen and oxygen atoms in total. The SMILES string of the molecule is CCCCOc1ccc([C@H]2C(=C(O)c3ccc4c(c3)C[C@@H](C)O4)C(=O)C(=O)N2c2nnc(SCc3ccccc3F)s2)cc1OCC. The van der Waals surface area contributed by atoms with Crippen LogP contribution >= 0.6 is 23.1 Å². The third kappa shape index (κ3) is 6.70. The number of Topliss-reactive ketones (excluding diaryl/α,β-unsaturated/α-hetero) is 1. The molecule has 1 amide bonds. The number of fused-ring (bicyclic) bond motifs is 1. The number of carbonyl (C=O) groups is 2. The van der Waals surface area contributed by atoms with Gasteiger partial charge in [-0.15, -0.1) is 10.2 Å². The number of carbonyl (C=O) groups excluding carboxylic acids is 2. The lowest BCUT2D eigenvalue weighted by molar-refractivity contribution is -0.132. The predicted molar refractivity (Wildman–Crippen MR) is 179 cm³/mol. The Morgan fingerprint density at radius 3 is 2.70 bits per heavy atom. The van der Waals surface area contributed by atoms with E-state index in [2.05, 4.69) is 17.1 Å². The van der Waals surface area contributed by atoms with Gasteiger partial charge < -0.3 is 19.3 Å². The lowest BCUT2D eigenvalue weighted by Gasteiger charge is -2.23. The third-order valence-electron chi connectivity index (χ3n) is 7.86. The maximum atomic E-state index is 14.2. The molecule has 12 heteroatoms. The van der Waals surface area contributed by atoms with E-state index in [1.165, 1.54) is 22.7 Å². The van der Waals surface area contributed by atoms with Crippen LogP contribution in [0.3, 0.4) is 0 Å². The third-order valence-corrected chi connectivity index (χ3v) is 9.97. The van der Waals surface area contributed by atoms with Crippen molar-refractivity contribution in [1.82, 2.24) is 10.2 Å². The van der Waals surface area contributed by atoms with Crippen LogP contribution in [-0.2, 0) is 21.8 Å². The number of aliphatic hydroxyl groups is 1. The number of aliphatic hydroxyl groups excluding tert-OH is 1. The summed E-state index contributed by atoms with van der Waals surface area (Å²) in [5.41, 5.74) is 2.24. The number of benzene rings is 3. The zero-order chi connectivity index (χ0) is 33.1.